The minimum absolute atomic E-state index is 0.223. The second-order valence-corrected chi connectivity index (χ2v) is 6.72. The van der Waals surface area contributed by atoms with Gasteiger partial charge in [0.2, 0.25) is 0 Å². The number of carboxylic acids is 1. The Balaban J connectivity index is 1.89. The predicted molar refractivity (Wildman–Crippen MR) is 80.9 cm³/mol. The van der Waals surface area contributed by atoms with Gasteiger partial charge in [0, 0.05) is 12.1 Å². The number of hydrogen-bond donors (Lipinski definition) is 1. The normalized spacial score (nSPS) is 28.1. The molecule has 2 fully saturated rings. The summed E-state index contributed by atoms with van der Waals surface area (Å²) in [6.45, 7) is 10.1. The summed E-state index contributed by atoms with van der Waals surface area (Å²) in [4.78, 5) is 16.2. The molecule has 0 spiro atoms. The highest BCUT2D eigenvalue weighted by Crippen LogP contribution is 2.28. The summed E-state index contributed by atoms with van der Waals surface area (Å²) in [5.41, 5.74) is 0. The molecule has 0 aromatic heterocycles. The Hall–Kier alpha value is -0.610. The van der Waals surface area contributed by atoms with Crippen molar-refractivity contribution in [2.45, 2.75) is 71.0 Å². The van der Waals surface area contributed by atoms with Crippen LogP contribution in [0.5, 0.6) is 0 Å². The van der Waals surface area contributed by atoms with E-state index < -0.39 is 5.97 Å². The quantitative estimate of drug-likeness (QED) is 0.841. The zero-order valence-electron chi connectivity index (χ0n) is 13.2. The first kappa shape index (κ1) is 15.8. The molecule has 2 saturated heterocycles. The summed E-state index contributed by atoms with van der Waals surface area (Å²) in [7, 11) is 0. The molecule has 0 radical (unpaired) electrons. The highest BCUT2D eigenvalue weighted by molar-refractivity contribution is 5.73. The van der Waals surface area contributed by atoms with Gasteiger partial charge in [-0.05, 0) is 57.7 Å². The lowest BCUT2D eigenvalue weighted by Crippen LogP contribution is -2.51. The lowest BCUT2D eigenvalue weighted by atomic mass is 9.95. The van der Waals surface area contributed by atoms with Crippen LogP contribution < -0.4 is 0 Å². The monoisotopic (exact) mass is 282 g/mol. The number of hydrogen-bond acceptors (Lipinski definition) is 3. The Morgan fingerprint density at radius 2 is 1.85 bits per heavy atom. The van der Waals surface area contributed by atoms with Crippen LogP contribution in [0.15, 0.2) is 0 Å². The van der Waals surface area contributed by atoms with Crippen molar-refractivity contribution in [1.82, 2.24) is 9.80 Å². The van der Waals surface area contributed by atoms with Gasteiger partial charge in [-0.1, -0.05) is 20.8 Å². The highest BCUT2D eigenvalue weighted by Gasteiger charge is 2.37. The zero-order chi connectivity index (χ0) is 14.7. The third kappa shape index (κ3) is 3.34. The van der Waals surface area contributed by atoms with Crippen LogP contribution >= 0.6 is 0 Å². The van der Waals surface area contributed by atoms with E-state index >= 15 is 0 Å². The van der Waals surface area contributed by atoms with E-state index in [4.69, 9.17) is 0 Å². The summed E-state index contributed by atoms with van der Waals surface area (Å²) < 4.78 is 0. The number of carboxylic acid groups (broad SMARTS) is 1. The fourth-order valence-corrected chi connectivity index (χ4v) is 4.19. The van der Waals surface area contributed by atoms with Gasteiger partial charge < -0.3 is 10.0 Å². The van der Waals surface area contributed by atoms with Gasteiger partial charge >= 0.3 is 5.97 Å². The molecular formula is C16H30N2O2. The number of rotatable bonds is 5. The van der Waals surface area contributed by atoms with Crippen LogP contribution in [0, 0.1) is 5.92 Å². The van der Waals surface area contributed by atoms with E-state index in [9.17, 15) is 9.90 Å². The number of likely N-dealkylation sites (tertiary alicyclic amines) is 2. The molecule has 2 aliphatic rings. The maximum atomic E-state index is 11.3. The van der Waals surface area contributed by atoms with Crippen molar-refractivity contribution in [2.24, 2.45) is 5.92 Å². The Kier molecular flexibility index (Phi) is 5.44. The van der Waals surface area contributed by atoms with E-state index in [2.05, 4.69) is 30.6 Å². The molecule has 0 aliphatic carbocycles. The molecule has 20 heavy (non-hydrogen) atoms. The first-order valence-electron chi connectivity index (χ1n) is 8.27. The van der Waals surface area contributed by atoms with Crippen LogP contribution in [0.4, 0.5) is 0 Å². The van der Waals surface area contributed by atoms with Gasteiger partial charge in [0.1, 0.15) is 6.04 Å². The van der Waals surface area contributed by atoms with Gasteiger partial charge in [-0.15, -0.1) is 0 Å². The summed E-state index contributed by atoms with van der Waals surface area (Å²) >= 11 is 0. The molecule has 4 heteroatoms. The van der Waals surface area contributed by atoms with Gasteiger partial charge in [0.25, 0.3) is 0 Å². The van der Waals surface area contributed by atoms with Gasteiger partial charge in [-0.2, -0.15) is 0 Å². The van der Waals surface area contributed by atoms with E-state index in [0.29, 0.717) is 18.0 Å². The predicted octanol–water partition coefficient (Wildman–Crippen LogP) is 2.43. The van der Waals surface area contributed by atoms with Gasteiger partial charge in [-0.25, -0.2) is 0 Å². The SMILES string of the molecule is CCC(C(C)C)N1CCC(N2CCCC2C(=O)O)CC1. The van der Waals surface area contributed by atoms with Crippen molar-refractivity contribution < 1.29 is 9.90 Å². The van der Waals surface area contributed by atoms with E-state index in [-0.39, 0.29) is 6.04 Å². The number of piperidine rings is 1. The Bertz CT molecular complexity index is 324. The Morgan fingerprint density at radius 3 is 2.35 bits per heavy atom. The molecule has 0 aromatic rings. The molecule has 4 nitrogen and oxygen atoms in total. The van der Waals surface area contributed by atoms with Crippen molar-refractivity contribution in [3.63, 3.8) is 0 Å². The van der Waals surface area contributed by atoms with Gasteiger partial charge in [0.05, 0.1) is 0 Å². The fraction of sp³-hybridized carbons (Fsp3) is 0.938. The van der Waals surface area contributed by atoms with Crippen molar-refractivity contribution in [1.29, 1.82) is 0 Å². The Morgan fingerprint density at radius 1 is 1.20 bits per heavy atom. The minimum Gasteiger partial charge on any atom is -0.480 e. The summed E-state index contributed by atoms with van der Waals surface area (Å²) in [6.07, 6.45) is 5.35. The van der Waals surface area contributed by atoms with Gasteiger partial charge in [0.15, 0.2) is 0 Å². The van der Waals surface area contributed by atoms with Crippen molar-refractivity contribution in [3.8, 4) is 0 Å². The molecular weight excluding hydrogens is 252 g/mol. The van der Waals surface area contributed by atoms with Crippen LogP contribution in [0.1, 0.15) is 52.9 Å². The van der Waals surface area contributed by atoms with Crippen molar-refractivity contribution >= 4 is 5.97 Å². The van der Waals surface area contributed by atoms with Crippen LogP contribution in [0.3, 0.4) is 0 Å². The molecule has 0 amide bonds. The first-order chi connectivity index (χ1) is 9.54. The molecule has 0 bridgehead atoms. The minimum atomic E-state index is -0.626. The average molecular weight is 282 g/mol. The molecule has 2 aliphatic heterocycles. The summed E-state index contributed by atoms with van der Waals surface area (Å²) in [5.74, 6) is 0.0775. The number of nitrogens with zero attached hydrogens (tertiary/aromatic N) is 2. The molecule has 2 atom stereocenters. The summed E-state index contributed by atoms with van der Waals surface area (Å²) in [6, 6.07) is 0.947. The topological polar surface area (TPSA) is 43.8 Å². The van der Waals surface area contributed by atoms with Crippen LogP contribution in [-0.2, 0) is 4.79 Å². The fourth-order valence-electron chi connectivity index (χ4n) is 4.19. The molecule has 2 unspecified atom stereocenters. The first-order valence-corrected chi connectivity index (χ1v) is 8.27. The third-order valence-electron chi connectivity index (χ3n) is 5.20. The third-order valence-corrected chi connectivity index (χ3v) is 5.20. The van der Waals surface area contributed by atoms with E-state index in [1.165, 1.54) is 6.42 Å². The van der Waals surface area contributed by atoms with E-state index in [0.717, 1.165) is 45.3 Å². The van der Waals surface area contributed by atoms with E-state index in [1.807, 2.05) is 0 Å². The molecule has 2 rings (SSSR count). The smallest absolute Gasteiger partial charge is 0.320 e. The number of aliphatic carboxylic acids is 1. The maximum absolute atomic E-state index is 11.3. The van der Waals surface area contributed by atoms with Crippen LogP contribution in [-0.4, -0.2) is 58.6 Å². The maximum Gasteiger partial charge on any atom is 0.320 e. The lowest BCUT2D eigenvalue weighted by Gasteiger charge is -2.42. The average Bonchev–Trinajstić information content (AvgIpc) is 2.89. The second kappa shape index (κ2) is 6.90. The highest BCUT2D eigenvalue weighted by atomic mass is 16.4. The lowest BCUT2D eigenvalue weighted by molar-refractivity contribution is -0.143. The molecule has 0 saturated carbocycles. The standard InChI is InChI=1S/C16H30N2O2/c1-4-14(12(2)3)17-10-7-13(8-11-17)18-9-5-6-15(18)16(19)20/h12-15H,4-11H2,1-3H3,(H,19,20). The van der Waals surface area contributed by atoms with Crippen LogP contribution in [0.25, 0.3) is 0 Å². The Labute approximate surface area is 123 Å². The zero-order valence-corrected chi connectivity index (χ0v) is 13.2. The summed E-state index contributed by atoms with van der Waals surface area (Å²) in [5, 5.41) is 9.31. The van der Waals surface area contributed by atoms with E-state index in [1.54, 1.807) is 0 Å². The van der Waals surface area contributed by atoms with Crippen molar-refractivity contribution in [3.05, 3.63) is 0 Å². The largest absolute Gasteiger partial charge is 0.480 e. The van der Waals surface area contributed by atoms with Gasteiger partial charge in [-0.3, -0.25) is 9.69 Å². The molecule has 0 aromatic carbocycles. The molecule has 116 valence electrons. The molecule has 1 N–H and O–H groups in total. The van der Waals surface area contributed by atoms with Crippen molar-refractivity contribution in [2.75, 3.05) is 19.6 Å². The molecule has 2 heterocycles. The number of carbonyl (C=O) groups is 1. The second-order valence-electron chi connectivity index (χ2n) is 6.72. The van der Waals surface area contributed by atoms with Crippen LogP contribution in [0.2, 0.25) is 0 Å².